The molecule has 0 saturated carbocycles. The molecule has 8 N–H and O–H groups in total. The minimum atomic E-state index is -0.955. The Bertz CT molecular complexity index is 1630. The number of hydrogen-bond acceptors (Lipinski definition) is 11. The van der Waals surface area contributed by atoms with Gasteiger partial charge in [0.25, 0.3) is 17.7 Å². The van der Waals surface area contributed by atoms with Crippen LogP contribution in [0.4, 0.5) is 0 Å². The predicted molar refractivity (Wildman–Crippen MR) is 165 cm³/mol. The molecule has 0 aliphatic carbocycles. The maximum absolute atomic E-state index is 13.7. The Balaban J connectivity index is 1.38. The number of hydrogen-bond donors (Lipinski definition) is 8. The summed E-state index contributed by atoms with van der Waals surface area (Å²) in [6.45, 7) is 2.50. The van der Waals surface area contributed by atoms with Crippen LogP contribution in [0.15, 0.2) is 59.6 Å². The second kappa shape index (κ2) is 14.9. The SMILES string of the molecule is C[C@H]1OC(c2cccc(O)c2O)=NC1C(=O)N(CCCCNC(=O)c1cccc(O)c1O)CCCNC(=O)c1cccc(O)c1O. The van der Waals surface area contributed by atoms with Crippen LogP contribution in [-0.2, 0) is 9.53 Å². The van der Waals surface area contributed by atoms with Gasteiger partial charge >= 0.3 is 0 Å². The van der Waals surface area contributed by atoms with Gasteiger partial charge in [0.05, 0.1) is 16.7 Å². The van der Waals surface area contributed by atoms with E-state index in [4.69, 9.17) is 4.74 Å². The second-order valence-corrected chi connectivity index (χ2v) is 10.6. The quantitative estimate of drug-likeness (QED) is 0.101. The van der Waals surface area contributed by atoms with Gasteiger partial charge in [-0.1, -0.05) is 18.2 Å². The van der Waals surface area contributed by atoms with E-state index in [1.165, 1.54) is 54.6 Å². The highest BCUT2D eigenvalue weighted by Crippen LogP contribution is 2.32. The lowest BCUT2D eigenvalue weighted by atomic mass is 10.1. The molecule has 244 valence electrons. The van der Waals surface area contributed by atoms with Crippen molar-refractivity contribution in [3.63, 3.8) is 0 Å². The van der Waals surface area contributed by atoms with Crippen molar-refractivity contribution in [1.29, 1.82) is 0 Å². The fourth-order valence-electron chi connectivity index (χ4n) is 4.84. The highest BCUT2D eigenvalue weighted by atomic mass is 16.5. The molecule has 1 heterocycles. The van der Waals surface area contributed by atoms with Crippen LogP contribution in [0.2, 0.25) is 0 Å². The van der Waals surface area contributed by atoms with E-state index in [1.54, 1.807) is 11.8 Å². The summed E-state index contributed by atoms with van der Waals surface area (Å²) in [5.41, 5.74) is -0.0253. The number of amides is 3. The summed E-state index contributed by atoms with van der Waals surface area (Å²) in [4.78, 5) is 44.6. The van der Waals surface area contributed by atoms with Gasteiger partial charge in [0.15, 0.2) is 40.5 Å². The van der Waals surface area contributed by atoms with E-state index in [0.717, 1.165) is 0 Å². The molecule has 3 amide bonds. The van der Waals surface area contributed by atoms with Crippen LogP contribution in [0.5, 0.6) is 34.5 Å². The van der Waals surface area contributed by atoms with Crippen molar-refractivity contribution in [2.45, 2.75) is 38.3 Å². The Hall–Kier alpha value is -5.66. The van der Waals surface area contributed by atoms with E-state index in [2.05, 4.69) is 15.6 Å². The number of para-hydroxylation sites is 3. The largest absolute Gasteiger partial charge is 0.504 e. The third kappa shape index (κ3) is 7.70. The molecule has 1 aliphatic rings. The number of aliphatic imine (C=N–C) groups is 1. The van der Waals surface area contributed by atoms with Crippen molar-refractivity contribution in [3.8, 4) is 34.5 Å². The van der Waals surface area contributed by atoms with Gasteiger partial charge in [-0.3, -0.25) is 14.4 Å². The number of carbonyl (C=O) groups excluding carboxylic acids is 3. The summed E-state index contributed by atoms with van der Waals surface area (Å²) >= 11 is 0. The number of phenols is 6. The van der Waals surface area contributed by atoms with Crippen molar-refractivity contribution in [1.82, 2.24) is 15.5 Å². The van der Waals surface area contributed by atoms with Crippen LogP contribution in [0.25, 0.3) is 0 Å². The standard InChI is InChI=1S/C32H36N4O10/c1-18-25(35-31(46-18)21-10-6-13-24(39)28(21)42)32(45)36(17-7-15-34-30(44)20-9-5-12-23(38)27(20)41)16-3-2-14-33-29(43)19-8-4-11-22(37)26(19)40/h4-6,8-13,18,25,37-42H,2-3,7,14-17H2,1H3,(H,33,43)(H,34,44)/t18-,25?/m1/s1. The summed E-state index contributed by atoms with van der Waals surface area (Å²) in [5.74, 6) is -4.20. The van der Waals surface area contributed by atoms with Gasteiger partial charge in [0, 0.05) is 26.2 Å². The topological polar surface area (TPSA) is 221 Å². The highest BCUT2D eigenvalue weighted by Gasteiger charge is 2.37. The average Bonchev–Trinajstić information content (AvgIpc) is 3.42. The Labute approximate surface area is 264 Å². The van der Waals surface area contributed by atoms with E-state index in [1.807, 2.05) is 0 Å². The van der Waals surface area contributed by atoms with Gasteiger partial charge in [0.1, 0.15) is 6.10 Å². The number of ether oxygens (including phenoxy) is 1. The molecule has 3 aromatic carbocycles. The number of rotatable bonds is 13. The zero-order valence-corrected chi connectivity index (χ0v) is 25.0. The van der Waals surface area contributed by atoms with Crippen molar-refractivity contribution in [3.05, 3.63) is 71.3 Å². The zero-order chi connectivity index (χ0) is 33.4. The molecule has 14 heteroatoms. The van der Waals surface area contributed by atoms with E-state index in [-0.39, 0.29) is 60.4 Å². The molecule has 0 spiro atoms. The first-order valence-electron chi connectivity index (χ1n) is 14.6. The van der Waals surface area contributed by atoms with E-state index in [0.29, 0.717) is 19.3 Å². The first-order chi connectivity index (χ1) is 22.0. The number of aromatic hydroxyl groups is 6. The molecular weight excluding hydrogens is 600 g/mol. The third-order valence-electron chi connectivity index (χ3n) is 7.36. The number of phenolic OH excluding ortho intramolecular Hbond substituents is 6. The summed E-state index contributed by atoms with van der Waals surface area (Å²) < 4.78 is 5.77. The van der Waals surface area contributed by atoms with Crippen LogP contribution in [0.3, 0.4) is 0 Å². The summed E-state index contributed by atoms with van der Waals surface area (Å²) in [7, 11) is 0. The van der Waals surface area contributed by atoms with Gasteiger partial charge in [-0.2, -0.15) is 0 Å². The minimum absolute atomic E-state index is 0.00954. The van der Waals surface area contributed by atoms with Crippen LogP contribution < -0.4 is 10.6 Å². The number of benzene rings is 3. The smallest absolute Gasteiger partial charge is 0.255 e. The molecular formula is C32H36N4O10. The number of carbonyl (C=O) groups is 3. The summed E-state index contributed by atoms with van der Waals surface area (Å²) in [5, 5.41) is 64.7. The molecule has 0 saturated heterocycles. The zero-order valence-electron chi connectivity index (χ0n) is 25.0. The van der Waals surface area contributed by atoms with Gasteiger partial charge in [-0.15, -0.1) is 0 Å². The number of nitrogens with one attached hydrogen (secondary N) is 2. The molecule has 0 radical (unpaired) electrons. The van der Waals surface area contributed by atoms with Crippen LogP contribution in [0.1, 0.15) is 52.5 Å². The minimum Gasteiger partial charge on any atom is -0.504 e. The first kappa shape index (κ1) is 33.2. The molecule has 1 unspecified atom stereocenters. The van der Waals surface area contributed by atoms with Crippen molar-refractivity contribution in [2.24, 2.45) is 4.99 Å². The van der Waals surface area contributed by atoms with E-state index >= 15 is 0 Å². The highest BCUT2D eigenvalue weighted by molar-refractivity contribution is 6.01. The average molecular weight is 637 g/mol. The molecule has 0 fully saturated rings. The lowest BCUT2D eigenvalue weighted by Gasteiger charge is -2.26. The Morgan fingerprint density at radius 2 is 1.22 bits per heavy atom. The fourth-order valence-corrected chi connectivity index (χ4v) is 4.84. The molecule has 0 aromatic heterocycles. The summed E-state index contributed by atoms with van der Waals surface area (Å²) in [6, 6.07) is 11.5. The van der Waals surface area contributed by atoms with Crippen LogP contribution in [-0.4, -0.2) is 97.5 Å². The Morgan fingerprint density at radius 3 is 1.80 bits per heavy atom. The van der Waals surface area contributed by atoms with Crippen LogP contribution >= 0.6 is 0 Å². The van der Waals surface area contributed by atoms with Crippen LogP contribution in [0, 0.1) is 0 Å². The molecule has 2 atom stereocenters. The maximum Gasteiger partial charge on any atom is 0.255 e. The van der Waals surface area contributed by atoms with Gasteiger partial charge < -0.3 is 50.9 Å². The predicted octanol–water partition coefficient (Wildman–Crippen LogP) is 2.31. The normalized spacial score (nSPS) is 15.5. The lowest BCUT2D eigenvalue weighted by molar-refractivity contribution is -0.134. The Morgan fingerprint density at radius 1 is 0.717 bits per heavy atom. The molecule has 46 heavy (non-hydrogen) atoms. The maximum atomic E-state index is 13.7. The summed E-state index contributed by atoms with van der Waals surface area (Å²) in [6.07, 6.45) is 0.573. The monoisotopic (exact) mass is 636 g/mol. The van der Waals surface area contributed by atoms with Crippen molar-refractivity contribution < 1.29 is 49.8 Å². The van der Waals surface area contributed by atoms with Gasteiger partial charge in [-0.05, 0) is 62.6 Å². The van der Waals surface area contributed by atoms with Crippen molar-refractivity contribution >= 4 is 23.6 Å². The van der Waals surface area contributed by atoms with Crippen molar-refractivity contribution in [2.75, 3.05) is 26.2 Å². The molecule has 3 aromatic rings. The van der Waals surface area contributed by atoms with Gasteiger partial charge in [-0.25, -0.2) is 4.99 Å². The second-order valence-electron chi connectivity index (χ2n) is 10.6. The van der Waals surface area contributed by atoms with E-state index < -0.39 is 52.7 Å². The van der Waals surface area contributed by atoms with Gasteiger partial charge in [0.2, 0.25) is 5.90 Å². The Kier molecular flexibility index (Phi) is 10.8. The lowest BCUT2D eigenvalue weighted by Crippen LogP contribution is -2.43. The fraction of sp³-hybridized carbons (Fsp3) is 0.312. The molecule has 0 bridgehead atoms. The van der Waals surface area contributed by atoms with E-state index in [9.17, 15) is 45.0 Å². The third-order valence-corrected chi connectivity index (χ3v) is 7.36. The molecule has 1 aliphatic heterocycles. The number of nitrogens with zero attached hydrogens (tertiary/aromatic N) is 2. The number of unbranched alkanes of at least 4 members (excludes halogenated alkanes) is 1. The molecule has 14 nitrogen and oxygen atoms in total. The first-order valence-corrected chi connectivity index (χ1v) is 14.6. The molecule has 4 rings (SSSR count).